The van der Waals surface area contributed by atoms with E-state index >= 15 is 0 Å². The molecule has 2 aliphatic heterocycles. The van der Waals surface area contributed by atoms with E-state index in [-0.39, 0.29) is 0 Å². The van der Waals surface area contributed by atoms with Crippen LogP contribution in [-0.2, 0) is 10.2 Å². The molecule has 0 radical (unpaired) electrons. The molecule has 1 fully saturated rings. The summed E-state index contributed by atoms with van der Waals surface area (Å²) in [6.07, 6.45) is 3.20. The molecule has 0 aromatic heterocycles. The first-order chi connectivity index (χ1) is 11.9. The van der Waals surface area contributed by atoms with E-state index in [4.69, 9.17) is 9.47 Å². The van der Waals surface area contributed by atoms with Gasteiger partial charge in [0.2, 0.25) is 0 Å². The monoisotopic (exact) mass is 431 g/mol. The van der Waals surface area contributed by atoms with E-state index in [1.54, 1.807) is 7.11 Å². The standard InChI is InChI=1S/C16H22BrN3O4S/c1-3-24-15-12(17)9-11(10-13(15)23-2)16-19-25(21,22)18-14-7-5-4-6-8-20(14)16/h9-10,16,19H,3-8H2,1-2H3/t16-/m0/s1. The Kier molecular flexibility index (Phi) is 5.55. The Bertz CT molecular complexity index is 782. The molecule has 1 saturated heterocycles. The number of nitrogens with one attached hydrogen (secondary N) is 1. The number of fused-ring (bicyclic) bond motifs is 1. The van der Waals surface area contributed by atoms with Gasteiger partial charge in [-0.2, -0.15) is 13.1 Å². The fraction of sp³-hybridized carbons (Fsp3) is 0.562. The smallest absolute Gasteiger partial charge is 0.323 e. The number of amidine groups is 1. The summed E-state index contributed by atoms with van der Waals surface area (Å²) in [6.45, 7) is 3.17. The molecule has 25 heavy (non-hydrogen) atoms. The normalized spacial score (nSPS) is 22.6. The van der Waals surface area contributed by atoms with Gasteiger partial charge in [-0.25, -0.2) is 0 Å². The van der Waals surface area contributed by atoms with E-state index in [0.717, 1.165) is 35.8 Å². The Hall–Kier alpha value is -1.32. The van der Waals surface area contributed by atoms with Crippen LogP contribution >= 0.6 is 15.9 Å². The van der Waals surface area contributed by atoms with E-state index < -0.39 is 16.4 Å². The van der Waals surface area contributed by atoms with Gasteiger partial charge in [0.25, 0.3) is 0 Å². The molecule has 9 heteroatoms. The summed E-state index contributed by atoms with van der Waals surface area (Å²) in [5.41, 5.74) is 0.782. The number of methoxy groups -OCH3 is 1. The van der Waals surface area contributed by atoms with Crippen molar-refractivity contribution >= 4 is 32.0 Å². The van der Waals surface area contributed by atoms with Gasteiger partial charge in [-0.1, -0.05) is 6.42 Å². The molecule has 1 N–H and O–H groups in total. The third-order valence-corrected chi connectivity index (χ3v) is 5.85. The minimum atomic E-state index is -3.71. The topological polar surface area (TPSA) is 80.2 Å². The first kappa shape index (κ1) is 18.5. The zero-order chi connectivity index (χ0) is 18.0. The van der Waals surface area contributed by atoms with Crippen LogP contribution in [0.1, 0.15) is 44.3 Å². The highest BCUT2D eigenvalue weighted by molar-refractivity contribution is 9.10. The van der Waals surface area contributed by atoms with Crippen molar-refractivity contribution < 1.29 is 17.9 Å². The Morgan fingerprint density at radius 2 is 2.16 bits per heavy atom. The summed E-state index contributed by atoms with van der Waals surface area (Å²) in [7, 11) is -2.14. The number of ether oxygens (including phenoxy) is 2. The minimum Gasteiger partial charge on any atom is -0.493 e. The maximum atomic E-state index is 12.2. The van der Waals surface area contributed by atoms with Crippen LogP contribution in [0, 0.1) is 0 Å². The summed E-state index contributed by atoms with van der Waals surface area (Å²) in [5, 5.41) is 0. The van der Waals surface area contributed by atoms with Crippen molar-refractivity contribution in [1.29, 1.82) is 0 Å². The third-order valence-electron chi connectivity index (χ3n) is 4.28. The van der Waals surface area contributed by atoms with Gasteiger partial charge in [0.1, 0.15) is 12.0 Å². The van der Waals surface area contributed by atoms with Crippen molar-refractivity contribution in [3.8, 4) is 11.5 Å². The van der Waals surface area contributed by atoms with Crippen molar-refractivity contribution in [3.05, 3.63) is 22.2 Å². The number of benzene rings is 1. The zero-order valence-electron chi connectivity index (χ0n) is 14.3. The van der Waals surface area contributed by atoms with E-state index in [1.807, 2.05) is 24.0 Å². The van der Waals surface area contributed by atoms with E-state index in [0.29, 0.717) is 30.4 Å². The van der Waals surface area contributed by atoms with Gasteiger partial charge in [0, 0.05) is 13.0 Å². The Morgan fingerprint density at radius 1 is 1.36 bits per heavy atom. The van der Waals surface area contributed by atoms with Crippen LogP contribution in [0.2, 0.25) is 0 Å². The predicted molar refractivity (Wildman–Crippen MR) is 99.3 cm³/mol. The van der Waals surface area contributed by atoms with Gasteiger partial charge in [0.05, 0.1) is 18.2 Å². The molecular formula is C16H22BrN3O4S. The molecule has 1 aromatic carbocycles. The van der Waals surface area contributed by atoms with Gasteiger partial charge >= 0.3 is 10.2 Å². The predicted octanol–water partition coefficient (Wildman–Crippen LogP) is 2.98. The van der Waals surface area contributed by atoms with Crippen molar-refractivity contribution in [2.75, 3.05) is 20.3 Å². The van der Waals surface area contributed by atoms with Crippen LogP contribution in [0.25, 0.3) is 0 Å². The average Bonchev–Trinajstić information content (AvgIpc) is 2.80. The Balaban J connectivity index is 2.05. The fourth-order valence-corrected chi connectivity index (χ4v) is 4.84. The molecule has 0 saturated carbocycles. The lowest BCUT2D eigenvalue weighted by molar-refractivity contribution is 0.286. The van der Waals surface area contributed by atoms with Gasteiger partial charge in [0.15, 0.2) is 11.5 Å². The summed E-state index contributed by atoms with van der Waals surface area (Å²) in [4.78, 5) is 2.04. The van der Waals surface area contributed by atoms with E-state index in [1.165, 1.54) is 0 Å². The molecule has 138 valence electrons. The molecule has 2 heterocycles. The lowest BCUT2D eigenvalue weighted by Gasteiger charge is -2.36. The highest BCUT2D eigenvalue weighted by Crippen LogP contribution is 2.40. The highest BCUT2D eigenvalue weighted by atomic mass is 79.9. The lowest BCUT2D eigenvalue weighted by Crippen LogP contribution is -2.48. The lowest BCUT2D eigenvalue weighted by atomic mass is 10.1. The molecule has 0 spiro atoms. The summed E-state index contributed by atoms with van der Waals surface area (Å²) < 4.78 is 42.8. The van der Waals surface area contributed by atoms with Crippen molar-refractivity contribution in [2.45, 2.75) is 38.8 Å². The number of hydrogen-bond donors (Lipinski definition) is 1. The van der Waals surface area contributed by atoms with Crippen LogP contribution in [0.4, 0.5) is 0 Å². The molecule has 3 rings (SSSR count). The largest absolute Gasteiger partial charge is 0.493 e. The van der Waals surface area contributed by atoms with Crippen molar-refractivity contribution in [1.82, 2.24) is 9.62 Å². The number of hydrogen-bond acceptors (Lipinski definition) is 5. The van der Waals surface area contributed by atoms with Gasteiger partial charge in [-0.15, -0.1) is 4.40 Å². The third kappa shape index (κ3) is 3.93. The number of halogens is 1. The quantitative estimate of drug-likeness (QED) is 0.792. The maximum Gasteiger partial charge on any atom is 0.323 e. The first-order valence-electron chi connectivity index (χ1n) is 8.33. The van der Waals surface area contributed by atoms with Gasteiger partial charge < -0.3 is 14.4 Å². The fourth-order valence-electron chi connectivity index (χ4n) is 3.19. The molecule has 0 amide bonds. The second kappa shape index (κ2) is 7.51. The molecule has 7 nitrogen and oxygen atoms in total. The molecule has 0 unspecified atom stereocenters. The molecule has 1 atom stereocenters. The van der Waals surface area contributed by atoms with E-state index in [2.05, 4.69) is 25.0 Å². The minimum absolute atomic E-state index is 0.503. The SMILES string of the molecule is CCOc1c(Br)cc([C@H]2NS(=O)(=O)N=C3CCCCCN32)cc1OC. The van der Waals surface area contributed by atoms with Crippen LogP contribution in [-0.4, -0.2) is 39.4 Å². The van der Waals surface area contributed by atoms with Gasteiger partial charge in [-0.3, -0.25) is 0 Å². The van der Waals surface area contributed by atoms with Crippen molar-refractivity contribution in [3.63, 3.8) is 0 Å². The second-order valence-corrected chi connectivity index (χ2v) is 8.20. The summed E-state index contributed by atoms with van der Waals surface area (Å²) in [5.74, 6) is 1.80. The van der Waals surface area contributed by atoms with Crippen molar-refractivity contribution in [2.24, 2.45) is 4.40 Å². The number of rotatable bonds is 4. The van der Waals surface area contributed by atoms with E-state index in [9.17, 15) is 8.42 Å². The van der Waals surface area contributed by atoms with Crippen LogP contribution in [0.5, 0.6) is 11.5 Å². The average molecular weight is 432 g/mol. The Labute approximate surface area is 156 Å². The molecular weight excluding hydrogens is 410 g/mol. The molecule has 1 aromatic rings. The summed E-state index contributed by atoms with van der Waals surface area (Å²) in [6, 6.07) is 3.69. The summed E-state index contributed by atoms with van der Waals surface area (Å²) >= 11 is 3.51. The van der Waals surface area contributed by atoms with Crippen LogP contribution in [0.3, 0.4) is 0 Å². The number of nitrogens with zero attached hydrogens (tertiary/aromatic N) is 2. The van der Waals surface area contributed by atoms with Crippen LogP contribution in [0.15, 0.2) is 21.0 Å². The van der Waals surface area contributed by atoms with Gasteiger partial charge in [-0.05, 0) is 53.4 Å². The zero-order valence-corrected chi connectivity index (χ0v) is 16.7. The molecule has 2 aliphatic rings. The highest BCUT2D eigenvalue weighted by Gasteiger charge is 2.34. The molecule has 0 bridgehead atoms. The maximum absolute atomic E-state index is 12.2. The van der Waals surface area contributed by atoms with Crippen LogP contribution < -0.4 is 14.2 Å². The Morgan fingerprint density at radius 3 is 2.88 bits per heavy atom. The first-order valence-corrected chi connectivity index (χ1v) is 10.6. The second-order valence-electron chi connectivity index (χ2n) is 5.97. The molecule has 0 aliphatic carbocycles.